The van der Waals surface area contributed by atoms with E-state index in [-0.39, 0.29) is 0 Å². The monoisotopic (exact) mass is 242 g/mol. The quantitative estimate of drug-likeness (QED) is 0.496. The molecule has 0 aromatic rings. The lowest BCUT2D eigenvalue weighted by molar-refractivity contribution is -0.0450. The van der Waals surface area contributed by atoms with Crippen molar-refractivity contribution in [1.29, 1.82) is 0 Å². The molecule has 0 aliphatic rings. The van der Waals surface area contributed by atoms with Crippen molar-refractivity contribution in [3.63, 3.8) is 0 Å². The van der Waals surface area contributed by atoms with Crippen LogP contribution in [0.4, 0.5) is 0 Å². The third-order valence-electron chi connectivity index (χ3n) is 4.83. The molecule has 0 spiro atoms. The van der Waals surface area contributed by atoms with Crippen LogP contribution in [0.1, 0.15) is 80.1 Å². The van der Waals surface area contributed by atoms with Gasteiger partial charge in [-0.05, 0) is 37.0 Å². The van der Waals surface area contributed by atoms with Crippen LogP contribution in [0.3, 0.4) is 0 Å². The Balaban J connectivity index is 4.38. The Hall–Kier alpha value is -0.0400. The van der Waals surface area contributed by atoms with Crippen LogP contribution in [0, 0.1) is 11.3 Å². The first-order valence-electron chi connectivity index (χ1n) is 7.74. The van der Waals surface area contributed by atoms with Gasteiger partial charge < -0.3 is 4.74 Å². The fourth-order valence-electron chi connectivity index (χ4n) is 2.74. The molecular formula is C16H34O. The summed E-state index contributed by atoms with van der Waals surface area (Å²) < 4.78 is 6.27. The molecule has 1 nitrogen and oxygen atoms in total. The van der Waals surface area contributed by atoms with Gasteiger partial charge in [0.05, 0.1) is 12.7 Å². The summed E-state index contributed by atoms with van der Waals surface area (Å²) in [6, 6.07) is 0. The van der Waals surface area contributed by atoms with Crippen molar-refractivity contribution in [2.45, 2.75) is 86.2 Å². The van der Waals surface area contributed by atoms with Crippen LogP contribution in [0.25, 0.3) is 0 Å². The van der Waals surface area contributed by atoms with Gasteiger partial charge in [-0.1, -0.05) is 54.4 Å². The maximum absolute atomic E-state index is 6.27. The average Bonchev–Trinajstić information content (AvgIpc) is 2.39. The molecule has 0 aliphatic carbocycles. The van der Waals surface area contributed by atoms with Crippen molar-refractivity contribution >= 4 is 0 Å². The summed E-state index contributed by atoms with van der Waals surface area (Å²) in [4.78, 5) is 0. The van der Waals surface area contributed by atoms with E-state index < -0.39 is 0 Å². The molecule has 0 aromatic heterocycles. The molecule has 104 valence electrons. The lowest BCUT2D eigenvalue weighted by atomic mass is 9.80. The zero-order valence-corrected chi connectivity index (χ0v) is 13.0. The summed E-state index contributed by atoms with van der Waals surface area (Å²) in [7, 11) is 0. The summed E-state index contributed by atoms with van der Waals surface area (Å²) in [5.74, 6) is 0.739. The van der Waals surface area contributed by atoms with E-state index in [9.17, 15) is 0 Å². The Morgan fingerprint density at radius 2 is 1.24 bits per heavy atom. The predicted molar refractivity (Wildman–Crippen MR) is 77.4 cm³/mol. The van der Waals surface area contributed by atoms with E-state index in [1.54, 1.807) is 0 Å². The largest absolute Gasteiger partial charge is 0.377 e. The number of rotatable bonds is 10. The average molecular weight is 242 g/mol. The molecule has 1 unspecified atom stereocenters. The minimum atomic E-state index is 0.416. The molecule has 1 heteroatoms. The van der Waals surface area contributed by atoms with Crippen molar-refractivity contribution in [1.82, 2.24) is 0 Å². The van der Waals surface area contributed by atoms with Gasteiger partial charge in [-0.25, -0.2) is 0 Å². The van der Waals surface area contributed by atoms with Crippen LogP contribution in [0.5, 0.6) is 0 Å². The molecule has 0 N–H and O–H groups in total. The second kappa shape index (κ2) is 8.97. The van der Waals surface area contributed by atoms with Crippen molar-refractivity contribution < 1.29 is 4.74 Å². The Morgan fingerprint density at radius 1 is 0.765 bits per heavy atom. The van der Waals surface area contributed by atoms with E-state index in [0.29, 0.717) is 11.5 Å². The molecule has 0 saturated heterocycles. The van der Waals surface area contributed by atoms with Gasteiger partial charge in [0.2, 0.25) is 0 Å². The fourth-order valence-corrected chi connectivity index (χ4v) is 2.74. The minimum Gasteiger partial charge on any atom is -0.377 e. The number of ether oxygens (including phenoxy) is 1. The van der Waals surface area contributed by atoms with Crippen LogP contribution in [0.2, 0.25) is 0 Å². The molecule has 0 heterocycles. The van der Waals surface area contributed by atoms with E-state index in [2.05, 4.69) is 41.5 Å². The number of hydrogen-bond acceptors (Lipinski definition) is 1. The van der Waals surface area contributed by atoms with Gasteiger partial charge in [0.25, 0.3) is 0 Å². The van der Waals surface area contributed by atoms with Crippen molar-refractivity contribution in [2.24, 2.45) is 11.3 Å². The molecule has 0 aliphatic heterocycles. The normalized spacial score (nSPS) is 14.3. The second-order valence-corrected chi connectivity index (χ2v) is 5.39. The van der Waals surface area contributed by atoms with Crippen molar-refractivity contribution in [3.8, 4) is 0 Å². The zero-order chi connectivity index (χ0) is 13.3. The maximum Gasteiger partial charge on any atom is 0.0600 e. The Morgan fingerprint density at radius 3 is 1.53 bits per heavy atom. The summed E-state index contributed by atoms with van der Waals surface area (Å²) in [6.07, 6.45) is 7.81. The molecule has 0 bridgehead atoms. The zero-order valence-electron chi connectivity index (χ0n) is 13.0. The van der Waals surface area contributed by atoms with Gasteiger partial charge in [-0.2, -0.15) is 0 Å². The minimum absolute atomic E-state index is 0.416. The van der Waals surface area contributed by atoms with Gasteiger partial charge in [-0.15, -0.1) is 0 Å². The highest BCUT2D eigenvalue weighted by Crippen LogP contribution is 2.32. The smallest absolute Gasteiger partial charge is 0.0600 e. The van der Waals surface area contributed by atoms with E-state index in [1.165, 1.54) is 32.1 Å². The Bertz CT molecular complexity index is 160. The summed E-state index contributed by atoms with van der Waals surface area (Å²) in [6.45, 7) is 14.7. The predicted octanol–water partition coefficient (Wildman–Crippen LogP) is 5.43. The van der Waals surface area contributed by atoms with E-state index >= 15 is 0 Å². The second-order valence-electron chi connectivity index (χ2n) is 5.39. The highest BCUT2D eigenvalue weighted by Gasteiger charge is 2.27. The summed E-state index contributed by atoms with van der Waals surface area (Å²) >= 11 is 0. The van der Waals surface area contributed by atoms with Crippen LogP contribution < -0.4 is 0 Å². The van der Waals surface area contributed by atoms with Crippen LogP contribution in [0.15, 0.2) is 0 Å². The fraction of sp³-hybridized carbons (Fsp3) is 1.00. The molecule has 0 rings (SSSR count). The molecule has 0 fully saturated rings. The molecule has 1 atom stereocenters. The topological polar surface area (TPSA) is 9.23 Å². The first-order chi connectivity index (χ1) is 8.12. The molecule has 0 aromatic carbocycles. The summed E-state index contributed by atoms with van der Waals surface area (Å²) in [5, 5.41) is 0. The van der Waals surface area contributed by atoms with E-state index in [4.69, 9.17) is 4.74 Å². The van der Waals surface area contributed by atoms with Gasteiger partial charge in [0.15, 0.2) is 0 Å². The van der Waals surface area contributed by atoms with Gasteiger partial charge in [0, 0.05) is 0 Å². The Labute approximate surface area is 109 Å². The van der Waals surface area contributed by atoms with Crippen LogP contribution in [-0.2, 0) is 4.74 Å². The molecule has 0 radical (unpaired) electrons. The van der Waals surface area contributed by atoms with Gasteiger partial charge in [0.1, 0.15) is 0 Å². The standard InChI is InChI=1S/C16H34O/c1-7-14(8-2)15(9-3)17-13-16(10-4,11-5)12-6/h14-15H,7-13H2,1-6H3. The van der Waals surface area contributed by atoms with E-state index in [1.807, 2.05) is 0 Å². The molecule has 0 saturated carbocycles. The summed E-state index contributed by atoms with van der Waals surface area (Å²) in [5.41, 5.74) is 0.416. The lowest BCUT2D eigenvalue weighted by Gasteiger charge is -2.34. The molecular weight excluding hydrogens is 208 g/mol. The maximum atomic E-state index is 6.27. The van der Waals surface area contributed by atoms with Gasteiger partial charge in [-0.3, -0.25) is 0 Å². The van der Waals surface area contributed by atoms with E-state index in [0.717, 1.165) is 18.9 Å². The first kappa shape index (κ1) is 17.0. The highest BCUT2D eigenvalue weighted by molar-refractivity contribution is 4.76. The van der Waals surface area contributed by atoms with Gasteiger partial charge >= 0.3 is 0 Å². The lowest BCUT2D eigenvalue weighted by Crippen LogP contribution is -2.31. The van der Waals surface area contributed by atoms with Crippen LogP contribution >= 0.6 is 0 Å². The molecule has 17 heavy (non-hydrogen) atoms. The Kier molecular flexibility index (Phi) is 8.94. The van der Waals surface area contributed by atoms with Crippen LogP contribution in [-0.4, -0.2) is 12.7 Å². The van der Waals surface area contributed by atoms with Crippen molar-refractivity contribution in [2.75, 3.05) is 6.61 Å². The molecule has 0 amide bonds. The third kappa shape index (κ3) is 4.99. The third-order valence-corrected chi connectivity index (χ3v) is 4.83. The van der Waals surface area contributed by atoms with Crippen molar-refractivity contribution in [3.05, 3.63) is 0 Å². The first-order valence-corrected chi connectivity index (χ1v) is 7.74. The number of hydrogen-bond donors (Lipinski definition) is 0. The SMILES string of the molecule is CCC(CC)C(CC)OCC(CC)(CC)CC. The highest BCUT2D eigenvalue weighted by atomic mass is 16.5.